The molecule has 0 unspecified atom stereocenters. The van der Waals surface area contributed by atoms with Gasteiger partial charge in [0.05, 0.1) is 5.69 Å². The molecule has 2 nitrogen and oxygen atoms in total. The van der Waals surface area contributed by atoms with Crippen molar-refractivity contribution in [3.63, 3.8) is 0 Å². The highest BCUT2D eigenvalue weighted by Gasteiger charge is 1.97. The molecule has 0 heterocycles. The number of ketones is 1. The predicted molar refractivity (Wildman–Crippen MR) is 59.5 cm³/mol. The van der Waals surface area contributed by atoms with E-state index in [0.29, 0.717) is 11.4 Å². The average molecular weight is 210 g/mol. The summed E-state index contributed by atoms with van der Waals surface area (Å²) in [6.07, 6.45) is 0.395. The summed E-state index contributed by atoms with van der Waals surface area (Å²) in [4.78, 5) is 15.1. The van der Waals surface area contributed by atoms with Crippen LogP contribution in [0.15, 0.2) is 29.3 Å². The first-order chi connectivity index (χ1) is 6.58. The maximum atomic E-state index is 10.8. The molecule has 74 valence electrons. The number of hydrogen-bond acceptors (Lipinski definition) is 2. The van der Waals surface area contributed by atoms with Crippen LogP contribution < -0.4 is 0 Å². The molecule has 3 heteroatoms. The maximum Gasteiger partial charge on any atom is 0.135 e. The van der Waals surface area contributed by atoms with Crippen molar-refractivity contribution in [2.75, 3.05) is 0 Å². The highest BCUT2D eigenvalue weighted by molar-refractivity contribution is 6.30. The Kier molecular flexibility index (Phi) is 3.84. The summed E-state index contributed by atoms with van der Waals surface area (Å²) in [6, 6.07) is 7.25. The smallest absolute Gasteiger partial charge is 0.135 e. The Morgan fingerprint density at radius 3 is 2.71 bits per heavy atom. The van der Waals surface area contributed by atoms with Crippen LogP contribution in [0.2, 0.25) is 5.02 Å². The normalized spacial score (nSPS) is 11.5. The molecule has 14 heavy (non-hydrogen) atoms. The SMILES string of the molecule is CC(=O)CC(C)=Nc1cccc(Cl)c1. The second kappa shape index (κ2) is 4.91. The zero-order chi connectivity index (χ0) is 10.6. The molecule has 0 spiro atoms. The lowest BCUT2D eigenvalue weighted by atomic mass is 10.2. The lowest BCUT2D eigenvalue weighted by molar-refractivity contribution is -0.115. The van der Waals surface area contributed by atoms with Crippen LogP contribution in [0, 0.1) is 0 Å². The van der Waals surface area contributed by atoms with E-state index >= 15 is 0 Å². The summed E-state index contributed by atoms with van der Waals surface area (Å²) in [5, 5.41) is 0.655. The third-order valence-corrected chi connectivity index (χ3v) is 1.87. The number of halogens is 1. The van der Waals surface area contributed by atoms with Crippen molar-refractivity contribution in [3.8, 4) is 0 Å². The topological polar surface area (TPSA) is 29.4 Å². The van der Waals surface area contributed by atoms with Crippen molar-refractivity contribution in [2.45, 2.75) is 20.3 Å². The zero-order valence-corrected chi connectivity index (χ0v) is 9.01. The van der Waals surface area contributed by atoms with Crippen LogP contribution in [0.5, 0.6) is 0 Å². The molecule has 0 amide bonds. The van der Waals surface area contributed by atoms with Gasteiger partial charge in [0.2, 0.25) is 0 Å². The zero-order valence-electron chi connectivity index (χ0n) is 8.25. The van der Waals surface area contributed by atoms with Crippen molar-refractivity contribution in [3.05, 3.63) is 29.3 Å². The Balaban J connectivity index is 2.80. The molecule has 1 aromatic carbocycles. The van der Waals surface area contributed by atoms with Gasteiger partial charge in [-0.15, -0.1) is 0 Å². The molecule has 0 N–H and O–H groups in total. The first-order valence-electron chi connectivity index (χ1n) is 4.37. The number of hydrogen-bond donors (Lipinski definition) is 0. The van der Waals surface area contributed by atoms with Gasteiger partial charge in [-0.25, -0.2) is 0 Å². The van der Waals surface area contributed by atoms with Crippen molar-refractivity contribution >= 4 is 28.8 Å². The Labute approximate surface area is 88.6 Å². The van der Waals surface area contributed by atoms with Gasteiger partial charge in [0, 0.05) is 17.2 Å². The Bertz CT molecular complexity index is 371. The molecule has 0 saturated heterocycles. The molecular formula is C11H12ClNO. The molecule has 0 aliphatic carbocycles. The molecule has 0 saturated carbocycles. The van der Waals surface area contributed by atoms with Gasteiger partial charge in [0.25, 0.3) is 0 Å². The number of rotatable bonds is 3. The second-order valence-corrected chi connectivity index (χ2v) is 3.64. The molecule has 0 radical (unpaired) electrons. The highest BCUT2D eigenvalue weighted by Crippen LogP contribution is 2.18. The minimum absolute atomic E-state index is 0.119. The summed E-state index contributed by atoms with van der Waals surface area (Å²) >= 11 is 5.80. The summed E-state index contributed by atoms with van der Waals surface area (Å²) in [6.45, 7) is 3.39. The van der Waals surface area contributed by atoms with Gasteiger partial charge in [-0.3, -0.25) is 9.79 Å². The second-order valence-electron chi connectivity index (χ2n) is 3.21. The largest absolute Gasteiger partial charge is 0.300 e. The standard InChI is InChI=1S/C11H12ClNO/c1-8(6-9(2)14)13-11-5-3-4-10(12)7-11/h3-5,7H,6H2,1-2H3. The van der Waals surface area contributed by atoms with Crippen molar-refractivity contribution < 1.29 is 4.79 Å². The van der Waals surface area contributed by atoms with Gasteiger partial charge in [-0.1, -0.05) is 17.7 Å². The van der Waals surface area contributed by atoms with Gasteiger partial charge in [0.15, 0.2) is 0 Å². The van der Waals surface area contributed by atoms with Crippen LogP contribution in [0.4, 0.5) is 5.69 Å². The molecule has 0 fully saturated rings. The van der Waals surface area contributed by atoms with Crippen molar-refractivity contribution in [2.24, 2.45) is 4.99 Å². The van der Waals surface area contributed by atoms with Crippen LogP contribution in [-0.4, -0.2) is 11.5 Å². The minimum atomic E-state index is 0.119. The van der Waals surface area contributed by atoms with E-state index in [9.17, 15) is 4.79 Å². The number of carbonyl (C=O) groups is 1. The number of carbonyl (C=O) groups excluding carboxylic acids is 1. The van der Waals surface area contributed by atoms with Crippen LogP contribution in [0.3, 0.4) is 0 Å². The van der Waals surface area contributed by atoms with E-state index in [1.54, 1.807) is 19.1 Å². The van der Waals surface area contributed by atoms with Gasteiger partial charge in [-0.2, -0.15) is 0 Å². The van der Waals surface area contributed by atoms with Crippen molar-refractivity contribution in [1.82, 2.24) is 0 Å². The molecular weight excluding hydrogens is 198 g/mol. The van der Waals surface area contributed by atoms with Crippen LogP contribution in [-0.2, 0) is 4.79 Å². The lowest BCUT2D eigenvalue weighted by Gasteiger charge is -1.98. The Hall–Kier alpha value is -1.15. The number of benzene rings is 1. The summed E-state index contributed by atoms with van der Waals surface area (Å²) in [5.41, 5.74) is 1.59. The van der Waals surface area contributed by atoms with Gasteiger partial charge in [-0.05, 0) is 32.0 Å². The minimum Gasteiger partial charge on any atom is -0.300 e. The lowest BCUT2D eigenvalue weighted by Crippen LogP contribution is -1.98. The molecule has 0 aliphatic rings. The van der Waals surface area contributed by atoms with Gasteiger partial charge < -0.3 is 0 Å². The first-order valence-corrected chi connectivity index (χ1v) is 4.75. The van der Waals surface area contributed by atoms with Crippen molar-refractivity contribution in [1.29, 1.82) is 0 Å². The molecule has 1 aromatic rings. The fourth-order valence-corrected chi connectivity index (χ4v) is 1.35. The van der Waals surface area contributed by atoms with Gasteiger partial charge in [0.1, 0.15) is 5.78 Å². The summed E-state index contributed by atoms with van der Waals surface area (Å²) in [5.74, 6) is 0.119. The van der Waals surface area contributed by atoms with E-state index in [1.807, 2.05) is 19.1 Å². The molecule has 0 aliphatic heterocycles. The van der Waals surface area contributed by atoms with Crippen LogP contribution in [0.25, 0.3) is 0 Å². The van der Waals surface area contributed by atoms with E-state index in [4.69, 9.17) is 11.6 Å². The molecule has 0 atom stereocenters. The average Bonchev–Trinajstić information content (AvgIpc) is 2.01. The predicted octanol–water partition coefficient (Wildman–Crippen LogP) is 3.41. The fraction of sp³-hybridized carbons (Fsp3) is 0.273. The molecule has 1 rings (SSSR count). The molecule has 0 bridgehead atoms. The van der Waals surface area contributed by atoms with E-state index in [2.05, 4.69) is 4.99 Å². The van der Waals surface area contributed by atoms with E-state index < -0.39 is 0 Å². The monoisotopic (exact) mass is 209 g/mol. The number of aliphatic imine (C=N–C) groups is 1. The van der Waals surface area contributed by atoms with E-state index in [-0.39, 0.29) is 5.78 Å². The number of nitrogens with zero attached hydrogens (tertiary/aromatic N) is 1. The summed E-state index contributed by atoms with van der Waals surface area (Å²) in [7, 11) is 0. The number of Topliss-reactive ketones (excluding diaryl/α,β-unsaturated/α-hetero) is 1. The Morgan fingerprint density at radius 2 is 2.14 bits per heavy atom. The Morgan fingerprint density at radius 1 is 1.43 bits per heavy atom. The van der Waals surface area contributed by atoms with Crippen LogP contribution >= 0.6 is 11.6 Å². The fourth-order valence-electron chi connectivity index (χ4n) is 1.17. The molecule has 0 aromatic heterocycles. The van der Waals surface area contributed by atoms with E-state index in [1.165, 1.54) is 0 Å². The first kappa shape index (κ1) is 10.9. The third-order valence-electron chi connectivity index (χ3n) is 1.63. The third kappa shape index (κ3) is 3.71. The quantitative estimate of drug-likeness (QED) is 0.702. The van der Waals surface area contributed by atoms with E-state index in [0.717, 1.165) is 11.4 Å². The van der Waals surface area contributed by atoms with Crippen LogP contribution in [0.1, 0.15) is 20.3 Å². The highest BCUT2D eigenvalue weighted by atomic mass is 35.5. The summed E-state index contributed by atoms with van der Waals surface area (Å²) < 4.78 is 0. The van der Waals surface area contributed by atoms with Gasteiger partial charge >= 0.3 is 0 Å². The maximum absolute atomic E-state index is 10.8.